The topological polar surface area (TPSA) is 84.7 Å². The second-order valence-corrected chi connectivity index (χ2v) is 3.57. The average Bonchev–Trinajstić information content (AvgIpc) is 2.37. The maximum Gasteiger partial charge on any atom is 0.279 e. The molecule has 0 saturated heterocycles. The maximum atomic E-state index is 13.8. The fourth-order valence-corrected chi connectivity index (χ4v) is 1.43. The minimum Gasteiger partial charge on any atom is -0.494 e. The van der Waals surface area contributed by atoms with Gasteiger partial charge in [0.15, 0.2) is 11.6 Å². The molecule has 5 nitrogen and oxygen atoms in total. The highest BCUT2D eigenvalue weighted by atomic mass is 19.3. The van der Waals surface area contributed by atoms with Crippen LogP contribution in [0.25, 0.3) is 0 Å². The van der Waals surface area contributed by atoms with Crippen LogP contribution in [0.3, 0.4) is 0 Å². The Bertz CT molecular complexity index is 480. The summed E-state index contributed by atoms with van der Waals surface area (Å²) in [7, 11) is 1.26. The first kappa shape index (κ1) is 15.1. The molecule has 5 N–H and O–H groups in total. The van der Waals surface area contributed by atoms with Crippen LogP contribution in [-0.4, -0.2) is 18.6 Å². The van der Waals surface area contributed by atoms with Gasteiger partial charge in [-0.25, -0.2) is 19.0 Å². The number of aliphatic hydroxyl groups is 1. The Morgan fingerprint density at radius 3 is 2.63 bits per heavy atom. The molecule has 0 aliphatic rings. The van der Waals surface area contributed by atoms with Crippen LogP contribution in [-0.2, 0) is 6.61 Å². The Morgan fingerprint density at radius 1 is 1.53 bits per heavy atom. The van der Waals surface area contributed by atoms with Crippen molar-refractivity contribution in [2.45, 2.75) is 13.0 Å². The largest absolute Gasteiger partial charge is 0.494 e. The van der Waals surface area contributed by atoms with Gasteiger partial charge < -0.3 is 15.6 Å². The van der Waals surface area contributed by atoms with Gasteiger partial charge in [0, 0.05) is 11.8 Å². The molecule has 0 aliphatic heterocycles. The van der Waals surface area contributed by atoms with Crippen LogP contribution < -0.4 is 21.3 Å². The van der Waals surface area contributed by atoms with Crippen molar-refractivity contribution >= 4 is 5.69 Å². The third-order valence-electron chi connectivity index (χ3n) is 2.38. The van der Waals surface area contributed by atoms with E-state index in [0.29, 0.717) is 0 Å². The van der Waals surface area contributed by atoms with Gasteiger partial charge in [-0.2, -0.15) is 0 Å². The van der Waals surface area contributed by atoms with E-state index in [2.05, 4.69) is 0 Å². The van der Waals surface area contributed by atoms with Crippen molar-refractivity contribution in [3.8, 4) is 5.75 Å². The Kier molecular flexibility index (Phi) is 5.02. The molecule has 0 amide bonds. The number of allylic oxidation sites excluding steroid dienone is 1. The minimum absolute atomic E-state index is 0.00407. The molecule has 0 saturated carbocycles. The number of aliphatic hydroxyl groups excluding tert-OH is 1. The summed E-state index contributed by atoms with van der Waals surface area (Å²) in [5.41, 5.74) is 4.10. The number of benzene rings is 1. The van der Waals surface area contributed by atoms with Crippen molar-refractivity contribution < 1.29 is 23.0 Å². The first-order valence-corrected chi connectivity index (χ1v) is 5.17. The van der Waals surface area contributed by atoms with E-state index in [1.807, 2.05) is 0 Å². The zero-order valence-corrected chi connectivity index (χ0v) is 10.1. The van der Waals surface area contributed by atoms with E-state index >= 15 is 0 Å². The molecule has 0 bridgehead atoms. The highest BCUT2D eigenvalue weighted by Gasteiger charge is 2.17. The van der Waals surface area contributed by atoms with Gasteiger partial charge in [-0.15, -0.1) is 0 Å². The number of nitrogens with zero attached hydrogens (tertiary/aromatic N) is 1. The van der Waals surface area contributed by atoms with Gasteiger partial charge in [0.05, 0.1) is 25.1 Å². The van der Waals surface area contributed by atoms with Crippen molar-refractivity contribution in [1.82, 2.24) is 0 Å². The van der Waals surface area contributed by atoms with Crippen LogP contribution in [0.1, 0.15) is 5.56 Å². The molecule has 1 aromatic carbocycles. The summed E-state index contributed by atoms with van der Waals surface area (Å²) in [5, 5.41) is 9.85. The number of halogens is 3. The number of rotatable bonds is 5. The Balaban J connectivity index is 3.20. The van der Waals surface area contributed by atoms with E-state index in [4.69, 9.17) is 21.4 Å². The molecular weight excluding hydrogens is 263 g/mol. The van der Waals surface area contributed by atoms with Gasteiger partial charge in [0.1, 0.15) is 0 Å². The van der Waals surface area contributed by atoms with E-state index in [1.54, 1.807) is 0 Å². The fourth-order valence-electron chi connectivity index (χ4n) is 1.43. The fraction of sp³-hybridized carbons (Fsp3) is 0.273. The minimum atomic E-state index is -2.88. The van der Waals surface area contributed by atoms with Gasteiger partial charge in [0.2, 0.25) is 0 Å². The van der Waals surface area contributed by atoms with E-state index < -0.39 is 24.5 Å². The molecule has 0 spiro atoms. The number of nitrogens with two attached hydrogens (primary N) is 2. The van der Waals surface area contributed by atoms with Crippen LogP contribution in [0.2, 0.25) is 0 Å². The molecule has 0 unspecified atom stereocenters. The van der Waals surface area contributed by atoms with E-state index in [1.165, 1.54) is 19.2 Å². The summed E-state index contributed by atoms with van der Waals surface area (Å²) in [4.78, 5) is 0. The number of hydrogen-bond donors (Lipinski definition) is 3. The summed E-state index contributed by atoms with van der Waals surface area (Å²) in [5.74, 6) is 4.59. The molecule has 1 aromatic rings. The smallest absolute Gasteiger partial charge is 0.279 e. The molecule has 0 aromatic heterocycles. The number of hydrazine groups is 1. The lowest BCUT2D eigenvalue weighted by atomic mass is 10.1. The van der Waals surface area contributed by atoms with Crippen molar-refractivity contribution in [2.24, 2.45) is 11.6 Å². The highest BCUT2D eigenvalue weighted by Crippen LogP contribution is 2.29. The van der Waals surface area contributed by atoms with Crippen molar-refractivity contribution in [3.05, 3.63) is 35.4 Å². The first-order valence-electron chi connectivity index (χ1n) is 5.17. The summed E-state index contributed by atoms with van der Waals surface area (Å²) in [6, 6.07) is 2.58. The summed E-state index contributed by atoms with van der Waals surface area (Å²) < 4.78 is 43.1. The van der Waals surface area contributed by atoms with Crippen LogP contribution in [0, 0.1) is 5.82 Å². The van der Waals surface area contributed by atoms with Crippen LogP contribution in [0.5, 0.6) is 5.75 Å². The molecular formula is C11H14F3N3O2. The number of alkyl halides is 2. The number of hydrogen-bond acceptors (Lipinski definition) is 5. The number of methoxy groups -OCH3 is 1. The lowest BCUT2D eigenvalue weighted by Crippen LogP contribution is -2.28. The van der Waals surface area contributed by atoms with E-state index in [-0.39, 0.29) is 17.0 Å². The van der Waals surface area contributed by atoms with Gasteiger partial charge in [0.25, 0.3) is 6.43 Å². The zero-order chi connectivity index (χ0) is 14.6. The monoisotopic (exact) mass is 277 g/mol. The molecule has 0 atom stereocenters. The Labute approximate surface area is 107 Å². The number of ether oxygens (including phenoxy) is 1. The summed E-state index contributed by atoms with van der Waals surface area (Å²) in [6.45, 7) is -0.672. The Hall–Kier alpha value is -1.93. The van der Waals surface area contributed by atoms with Crippen LogP contribution >= 0.6 is 0 Å². The summed E-state index contributed by atoms with van der Waals surface area (Å²) in [6.07, 6.45) is -2.13. The van der Waals surface area contributed by atoms with Gasteiger partial charge in [-0.1, -0.05) is 0 Å². The summed E-state index contributed by atoms with van der Waals surface area (Å²) >= 11 is 0. The highest BCUT2D eigenvalue weighted by molar-refractivity contribution is 5.58. The molecule has 0 fully saturated rings. The van der Waals surface area contributed by atoms with Crippen molar-refractivity contribution in [1.29, 1.82) is 0 Å². The van der Waals surface area contributed by atoms with E-state index in [9.17, 15) is 13.2 Å². The molecule has 0 aliphatic carbocycles. The van der Waals surface area contributed by atoms with Crippen molar-refractivity contribution in [2.75, 3.05) is 12.1 Å². The van der Waals surface area contributed by atoms with E-state index in [0.717, 1.165) is 11.2 Å². The number of anilines is 1. The molecule has 0 radical (unpaired) electrons. The van der Waals surface area contributed by atoms with Gasteiger partial charge in [-0.3, -0.25) is 5.01 Å². The van der Waals surface area contributed by atoms with Crippen LogP contribution in [0.15, 0.2) is 24.0 Å². The van der Waals surface area contributed by atoms with Crippen molar-refractivity contribution in [3.63, 3.8) is 0 Å². The van der Waals surface area contributed by atoms with Gasteiger partial charge >= 0.3 is 0 Å². The quantitative estimate of drug-likeness (QED) is 0.554. The normalized spacial score (nSPS) is 11.8. The lowest BCUT2D eigenvalue weighted by molar-refractivity contribution is 0.187. The maximum absolute atomic E-state index is 13.8. The molecule has 19 heavy (non-hydrogen) atoms. The second kappa shape index (κ2) is 6.30. The van der Waals surface area contributed by atoms with Crippen LogP contribution in [0.4, 0.5) is 18.9 Å². The molecule has 0 heterocycles. The Morgan fingerprint density at radius 2 is 2.16 bits per heavy atom. The average molecular weight is 277 g/mol. The second-order valence-electron chi connectivity index (χ2n) is 3.57. The SMILES string of the molecule is COc1ccc(N(N)/C=C(\N)C(F)F)c(CO)c1F. The predicted molar refractivity (Wildman–Crippen MR) is 63.8 cm³/mol. The zero-order valence-electron chi connectivity index (χ0n) is 10.1. The first-order chi connectivity index (χ1) is 8.92. The lowest BCUT2D eigenvalue weighted by Gasteiger charge is -2.19. The third-order valence-corrected chi connectivity index (χ3v) is 2.38. The molecule has 8 heteroatoms. The van der Waals surface area contributed by atoms with Gasteiger partial charge in [-0.05, 0) is 12.1 Å². The predicted octanol–water partition coefficient (Wildman–Crippen LogP) is 1.07. The molecule has 1 rings (SSSR count). The third kappa shape index (κ3) is 3.30. The standard InChI is InChI=1S/C11H14F3N3O2/c1-19-9-3-2-8(6(5-18)10(9)12)17(16)4-7(15)11(13)14/h2-4,11,18H,5,15-16H2,1H3/b7-4-. The molecule has 106 valence electrons.